The van der Waals surface area contributed by atoms with Crippen LogP contribution in [-0.4, -0.2) is 32.3 Å². The van der Waals surface area contributed by atoms with E-state index in [1.165, 1.54) is 17.8 Å². The molecule has 0 unspecified atom stereocenters. The molecule has 1 heterocycles. The lowest BCUT2D eigenvalue weighted by Gasteiger charge is -2.12. The first-order valence-electron chi connectivity index (χ1n) is 10.0. The second-order valence-electron chi connectivity index (χ2n) is 7.21. The Hall–Kier alpha value is -2.81. The van der Waals surface area contributed by atoms with Crippen LogP contribution in [0.1, 0.15) is 27.3 Å². The molecule has 0 fully saturated rings. The lowest BCUT2D eigenvalue weighted by Crippen LogP contribution is -2.25. The molecule has 0 aliphatic rings. The molecule has 0 bridgehead atoms. The molecule has 0 radical (unpaired) electrons. The monoisotopic (exact) mass is 503 g/mol. The summed E-state index contributed by atoms with van der Waals surface area (Å²) in [6.07, 6.45) is 1.70. The Balaban J connectivity index is 1.64. The van der Waals surface area contributed by atoms with Crippen molar-refractivity contribution in [1.82, 2.24) is 20.1 Å². The molecule has 0 saturated carbocycles. The third-order valence-corrected chi connectivity index (χ3v) is 6.28. The smallest absolute Gasteiger partial charge is 0.253 e. The summed E-state index contributed by atoms with van der Waals surface area (Å²) in [7, 11) is 0. The van der Waals surface area contributed by atoms with Gasteiger partial charge in [-0.3, -0.25) is 9.59 Å². The number of aromatic nitrogens is 3. The Morgan fingerprint density at radius 3 is 2.55 bits per heavy atom. The number of aryl methyl sites for hydroxylation is 2. The van der Waals surface area contributed by atoms with Gasteiger partial charge in [-0.2, -0.15) is 0 Å². The average molecular weight is 504 g/mol. The maximum atomic E-state index is 12.5. The number of thioether (sulfide) groups is 1. The number of hydrogen-bond donors (Lipinski definition) is 2. The molecular weight excluding hydrogens is 481 g/mol. The van der Waals surface area contributed by atoms with Gasteiger partial charge in [-0.05, 0) is 43.2 Å². The molecule has 3 aromatic rings. The number of halogens is 2. The van der Waals surface area contributed by atoms with Crippen LogP contribution >= 0.6 is 35.0 Å². The number of anilines is 1. The van der Waals surface area contributed by atoms with E-state index in [0.29, 0.717) is 28.1 Å². The summed E-state index contributed by atoms with van der Waals surface area (Å²) in [5.74, 6) is 0.200. The zero-order valence-electron chi connectivity index (χ0n) is 18.2. The number of carbonyl (C=O) groups is 2. The lowest BCUT2D eigenvalue weighted by atomic mass is 10.1. The summed E-state index contributed by atoms with van der Waals surface area (Å²) in [5.41, 5.74) is 3.14. The maximum absolute atomic E-state index is 12.5. The van der Waals surface area contributed by atoms with Crippen LogP contribution in [0.15, 0.2) is 54.2 Å². The standard InChI is InChI=1S/C23H23Cl2N5O2S/c1-4-10-30-19(12-26-22(32)17-9-8-16(24)11-18(17)25)28-29-23(30)33-13-20(31)27-21-14(2)6-5-7-15(21)3/h4-9,11H,1,10,12-13H2,2-3H3,(H,26,32)(H,27,31). The van der Waals surface area contributed by atoms with Gasteiger partial charge in [0.25, 0.3) is 5.91 Å². The topological polar surface area (TPSA) is 88.9 Å². The van der Waals surface area contributed by atoms with Crippen LogP contribution in [0.3, 0.4) is 0 Å². The van der Waals surface area contributed by atoms with Gasteiger partial charge in [-0.1, -0.05) is 59.2 Å². The van der Waals surface area contributed by atoms with E-state index >= 15 is 0 Å². The second kappa shape index (κ2) is 11.4. The number of hydrogen-bond acceptors (Lipinski definition) is 5. The third-order valence-electron chi connectivity index (χ3n) is 4.77. The van der Waals surface area contributed by atoms with Gasteiger partial charge in [-0.15, -0.1) is 16.8 Å². The number of rotatable bonds is 9. The number of nitrogens with zero attached hydrogens (tertiary/aromatic N) is 3. The van der Waals surface area contributed by atoms with Crippen molar-refractivity contribution in [1.29, 1.82) is 0 Å². The number of allylic oxidation sites excluding steroid dienone is 1. The minimum Gasteiger partial charge on any atom is -0.345 e. The highest BCUT2D eigenvalue weighted by molar-refractivity contribution is 7.99. The molecular formula is C23H23Cl2N5O2S. The summed E-state index contributed by atoms with van der Waals surface area (Å²) in [5, 5.41) is 15.4. The van der Waals surface area contributed by atoms with Crippen LogP contribution < -0.4 is 10.6 Å². The molecule has 0 aliphatic carbocycles. The minimum absolute atomic E-state index is 0.133. The summed E-state index contributed by atoms with van der Waals surface area (Å²) < 4.78 is 1.80. The molecule has 1 aromatic heterocycles. The molecule has 2 N–H and O–H groups in total. The zero-order chi connectivity index (χ0) is 24.0. The summed E-state index contributed by atoms with van der Waals surface area (Å²) in [6.45, 7) is 8.24. The third kappa shape index (κ3) is 6.37. The van der Waals surface area contributed by atoms with Gasteiger partial charge in [0.15, 0.2) is 11.0 Å². The van der Waals surface area contributed by atoms with Gasteiger partial charge in [0, 0.05) is 17.3 Å². The van der Waals surface area contributed by atoms with Crippen molar-refractivity contribution in [2.24, 2.45) is 0 Å². The summed E-state index contributed by atoms with van der Waals surface area (Å²) >= 11 is 13.3. The van der Waals surface area contributed by atoms with E-state index in [1.54, 1.807) is 22.8 Å². The fourth-order valence-electron chi connectivity index (χ4n) is 3.11. The van der Waals surface area contributed by atoms with E-state index in [9.17, 15) is 9.59 Å². The van der Waals surface area contributed by atoms with Crippen LogP contribution in [0.4, 0.5) is 5.69 Å². The Morgan fingerprint density at radius 2 is 1.88 bits per heavy atom. The van der Waals surface area contributed by atoms with Crippen LogP contribution in [0, 0.1) is 13.8 Å². The van der Waals surface area contributed by atoms with Gasteiger partial charge in [0.2, 0.25) is 5.91 Å². The number of carbonyl (C=O) groups excluding carboxylic acids is 2. The van der Waals surface area contributed by atoms with E-state index < -0.39 is 0 Å². The quantitative estimate of drug-likeness (QED) is 0.315. The van der Waals surface area contributed by atoms with Crippen LogP contribution in [0.25, 0.3) is 0 Å². The second-order valence-corrected chi connectivity index (χ2v) is 8.99. The molecule has 0 saturated heterocycles. The van der Waals surface area contributed by atoms with Gasteiger partial charge < -0.3 is 15.2 Å². The maximum Gasteiger partial charge on any atom is 0.253 e. The fraction of sp³-hybridized carbons (Fsp3) is 0.217. The molecule has 3 rings (SSSR count). The molecule has 172 valence electrons. The van der Waals surface area contributed by atoms with Crippen LogP contribution in [0.2, 0.25) is 10.0 Å². The van der Waals surface area contributed by atoms with Crippen molar-refractivity contribution in [2.75, 3.05) is 11.1 Å². The molecule has 7 nitrogen and oxygen atoms in total. The van der Waals surface area contributed by atoms with Crippen molar-refractivity contribution in [3.8, 4) is 0 Å². The lowest BCUT2D eigenvalue weighted by molar-refractivity contribution is -0.113. The highest BCUT2D eigenvalue weighted by Crippen LogP contribution is 2.23. The Morgan fingerprint density at radius 1 is 1.15 bits per heavy atom. The van der Waals surface area contributed by atoms with Crippen molar-refractivity contribution in [3.05, 3.63) is 81.6 Å². The van der Waals surface area contributed by atoms with Crippen molar-refractivity contribution < 1.29 is 9.59 Å². The first-order valence-corrected chi connectivity index (χ1v) is 11.8. The van der Waals surface area contributed by atoms with Gasteiger partial charge in [0.05, 0.1) is 22.9 Å². The van der Waals surface area contributed by atoms with Gasteiger partial charge in [0.1, 0.15) is 0 Å². The highest BCUT2D eigenvalue weighted by Gasteiger charge is 2.16. The normalized spacial score (nSPS) is 10.7. The number of amides is 2. The van der Waals surface area contributed by atoms with Gasteiger partial charge in [-0.25, -0.2) is 0 Å². The van der Waals surface area contributed by atoms with E-state index in [-0.39, 0.29) is 29.1 Å². The van der Waals surface area contributed by atoms with Crippen LogP contribution in [-0.2, 0) is 17.9 Å². The SMILES string of the molecule is C=CCn1c(CNC(=O)c2ccc(Cl)cc2Cl)nnc1SCC(=O)Nc1c(C)cccc1C. The van der Waals surface area contributed by atoms with E-state index in [0.717, 1.165) is 16.8 Å². The predicted octanol–water partition coefficient (Wildman–Crippen LogP) is 5.05. The van der Waals surface area contributed by atoms with E-state index in [2.05, 4.69) is 27.4 Å². The molecule has 0 aliphatic heterocycles. The number of para-hydroxylation sites is 1. The van der Waals surface area contributed by atoms with Crippen molar-refractivity contribution in [2.45, 2.75) is 32.1 Å². The van der Waals surface area contributed by atoms with E-state index in [1.807, 2.05) is 32.0 Å². The Kier molecular flexibility index (Phi) is 8.55. The largest absolute Gasteiger partial charge is 0.345 e. The first kappa shape index (κ1) is 24.8. The average Bonchev–Trinajstić information content (AvgIpc) is 3.15. The van der Waals surface area contributed by atoms with Gasteiger partial charge >= 0.3 is 0 Å². The van der Waals surface area contributed by atoms with E-state index in [4.69, 9.17) is 23.2 Å². The molecule has 2 amide bonds. The van der Waals surface area contributed by atoms with Crippen LogP contribution in [0.5, 0.6) is 0 Å². The number of nitrogens with one attached hydrogen (secondary N) is 2. The van der Waals surface area contributed by atoms with Crippen molar-refractivity contribution in [3.63, 3.8) is 0 Å². The minimum atomic E-state index is -0.355. The summed E-state index contributed by atoms with van der Waals surface area (Å²) in [6, 6.07) is 10.5. The fourth-order valence-corrected chi connectivity index (χ4v) is 4.38. The molecule has 0 spiro atoms. The highest BCUT2D eigenvalue weighted by atomic mass is 35.5. The molecule has 0 atom stereocenters. The molecule has 10 heteroatoms. The zero-order valence-corrected chi connectivity index (χ0v) is 20.5. The Labute approximate surface area is 206 Å². The molecule has 2 aromatic carbocycles. The van der Waals surface area contributed by atoms with Crippen molar-refractivity contribution >= 4 is 52.5 Å². The summed E-state index contributed by atoms with van der Waals surface area (Å²) in [4.78, 5) is 25.0. The number of benzene rings is 2. The predicted molar refractivity (Wildman–Crippen MR) is 133 cm³/mol. The Bertz CT molecular complexity index is 1180. The first-order chi connectivity index (χ1) is 15.8. The molecule has 33 heavy (non-hydrogen) atoms.